The molecule has 0 bridgehead atoms. The van der Waals surface area contributed by atoms with Crippen molar-refractivity contribution in [3.63, 3.8) is 0 Å². The molecule has 168 valence electrons. The van der Waals surface area contributed by atoms with Crippen molar-refractivity contribution in [3.05, 3.63) is 46.3 Å². The molecule has 1 aromatic carbocycles. The summed E-state index contributed by atoms with van der Waals surface area (Å²) in [6, 6.07) is 7.55. The maximum atomic E-state index is 12.4. The standard InChI is InChI=1S/C20H22F3N3O4S/c1-3-12-9-14(19(29)30-4-2)18(31-12)26-16(27)10-24-15-8-6-5-7-13(15)17(28)25-11-20(21,22)23/h5-9,24H,3-4,10-11H2,1-2H3,(H,25,28)(H,26,27). The van der Waals surface area contributed by atoms with Crippen LogP contribution in [0.2, 0.25) is 0 Å². The number of carbonyl (C=O) groups excluding carboxylic acids is 3. The van der Waals surface area contributed by atoms with Gasteiger partial charge in [0.25, 0.3) is 5.91 Å². The second kappa shape index (κ2) is 10.8. The Labute approximate surface area is 181 Å². The Kier molecular flexibility index (Phi) is 8.43. The third kappa shape index (κ3) is 7.28. The van der Waals surface area contributed by atoms with E-state index in [0.29, 0.717) is 11.4 Å². The zero-order valence-corrected chi connectivity index (χ0v) is 17.7. The molecular weight excluding hydrogens is 435 g/mol. The van der Waals surface area contributed by atoms with Crippen LogP contribution in [0.15, 0.2) is 30.3 Å². The number of nitrogens with one attached hydrogen (secondary N) is 3. The number of amides is 2. The van der Waals surface area contributed by atoms with Crippen molar-refractivity contribution in [3.8, 4) is 0 Å². The monoisotopic (exact) mass is 457 g/mol. The van der Waals surface area contributed by atoms with Crippen LogP contribution in [0, 0.1) is 0 Å². The van der Waals surface area contributed by atoms with Gasteiger partial charge in [-0.3, -0.25) is 9.59 Å². The van der Waals surface area contributed by atoms with Crippen molar-refractivity contribution in [1.29, 1.82) is 0 Å². The maximum Gasteiger partial charge on any atom is 0.405 e. The van der Waals surface area contributed by atoms with Crippen LogP contribution in [0.25, 0.3) is 0 Å². The normalized spacial score (nSPS) is 11.0. The van der Waals surface area contributed by atoms with Gasteiger partial charge >= 0.3 is 12.1 Å². The van der Waals surface area contributed by atoms with Gasteiger partial charge in [-0.15, -0.1) is 11.3 Å². The summed E-state index contributed by atoms with van der Waals surface area (Å²) in [5.41, 5.74) is 0.420. The van der Waals surface area contributed by atoms with E-state index in [0.717, 1.165) is 4.88 Å². The minimum Gasteiger partial charge on any atom is -0.462 e. The van der Waals surface area contributed by atoms with E-state index in [-0.39, 0.29) is 30.0 Å². The van der Waals surface area contributed by atoms with E-state index in [1.165, 1.54) is 29.5 Å². The fourth-order valence-electron chi connectivity index (χ4n) is 2.53. The summed E-state index contributed by atoms with van der Waals surface area (Å²) in [5, 5.41) is 7.52. The lowest BCUT2D eigenvalue weighted by Crippen LogP contribution is -2.34. The molecule has 0 radical (unpaired) electrons. The summed E-state index contributed by atoms with van der Waals surface area (Å²) >= 11 is 1.25. The van der Waals surface area contributed by atoms with Crippen LogP contribution in [-0.2, 0) is 16.0 Å². The van der Waals surface area contributed by atoms with Crippen LogP contribution in [0.4, 0.5) is 23.9 Å². The Morgan fingerprint density at radius 1 is 1.10 bits per heavy atom. The molecule has 0 saturated heterocycles. The molecule has 7 nitrogen and oxygen atoms in total. The van der Waals surface area contributed by atoms with Gasteiger partial charge in [0.1, 0.15) is 11.5 Å². The SMILES string of the molecule is CCOC(=O)c1cc(CC)sc1NC(=O)CNc1ccccc1C(=O)NCC(F)(F)F. The molecule has 1 heterocycles. The van der Waals surface area contributed by atoms with Crippen LogP contribution in [0.5, 0.6) is 0 Å². The first kappa shape index (κ1) is 24.2. The molecule has 0 aliphatic rings. The van der Waals surface area contributed by atoms with Gasteiger partial charge in [0, 0.05) is 10.6 Å². The topological polar surface area (TPSA) is 96.5 Å². The van der Waals surface area contributed by atoms with Crippen LogP contribution in [-0.4, -0.2) is 43.7 Å². The average molecular weight is 457 g/mol. The van der Waals surface area contributed by atoms with Gasteiger partial charge in [0.15, 0.2) is 0 Å². The van der Waals surface area contributed by atoms with Gasteiger partial charge in [-0.1, -0.05) is 19.1 Å². The van der Waals surface area contributed by atoms with Crippen molar-refractivity contribution in [2.75, 3.05) is 30.3 Å². The Balaban J connectivity index is 2.05. The third-order valence-electron chi connectivity index (χ3n) is 3.94. The van der Waals surface area contributed by atoms with Gasteiger partial charge in [-0.2, -0.15) is 13.2 Å². The number of aryl methyl sites for hydroxylation is 1. The molecule has 2 aromatic rings. The van der Waals surface area contributed by atoms with E-state index in [2.05, 4.69) is 10.6 Å². The Morgan fingerprint density at radius 2 is 1.81 bits per heavy atom. The Morgan fingerprint density at radius 3 is 2.45 bits per heavy atom. The highest BCUT2D eigenvalue weighted by Gasteiger charge is 2.28. The number of ether oxygens (including phenoxy) is 1. The first-order chi connectivity index (χ1) is 14.6. The number of benzene rings is 1. The number of hydrogen-bond acceptors (Lipinski definition) is 6. The summed E-state index contributed by atoms with van der Waals surface area (Å²) < 4.78 is 42.0. The number of hydrogen-bond donors (Lipinski definition) is 3. The van der Waals surface area contributed by atoms with Gasteiger partial charge in [0.05, 0.1) is 24.3 Å². The van der Waals surface area contributed by atoms with Crippen LogP contribution < -0.4 is 16.0 Å². The number of anilines is 2. The van der Waals surface area contributed by atoms with Crippen molar-refractivity contribution >= 4 is 39.8 Å². The number of halogens is 3. The molecule has 0 atom stereocenters. The molecule has 0 aliphatic heterocycles. The number of thiophene rings is 1. The minimum absolute atomic E-state index is 0.0313. The number of para-hydroxylation sites is 1. The molecule has 1 aromatic heterocycles. The second-order valence-corrected chi connectivity index (χ2v) is 7.41. The van der Waals surface area contributed by atoms with Crippen LogP contribution in [0.1, 0.15) is 39.4 Å². The Hall–Kier alpha value is -3.08. The van der Waals surface area contributed by atoms with Gasteiger partial charge in [-0.05, 0) is 31.5 Å². The lowest BCUT2D eigenvalue weighted by molar-refractivity contribution is -0.123. The first-order valence-corrected chi connectivity index (χ1v) is 10.2. The summed E-state index contributed by atoms with van der Waals surface area (Å²) in [6.07, 6.45) is -3.86. The molecule has 0 aliphatic carbocycles. The molecule has 11 heteroatoms. The first-order valence-electron chi connectivity index (χ1n) is 9.42. The number of esters is 1. The molecule has 2 rings (SSSR count). The number of carbonyl (C=O) groups is 3. The molecule has 0 fully saturated rings. The number of alkyl halides is 3. The zero-order chi connectivity index (χ0) is 23.0. The average Bonchev–Trinajstić information content (AvgIpc) is 3.13. The van der Waals surface area contributed by atoms with Gasteiger partial charge < -0.3 is 20.7 Å². The third-order valence-corrected chi connectivity index (χ3v) is 5.14. The van der Waals surface area contributed by atoms with Gasteiger partial charge in [0.2, 0.25) is 5.91 Å². The molecule has 0 unspecified atom stereocenters. The zero-order valence-electron chi connectivity index (χ0n) is 16.9. The molecule has 31 heavy (non-hydrogen) atoms. The fourth-order valence-corrected chi connectivity index (χ4v) is 3.53. The largest absolute Gasteiger partial charge is 0.462 e. The summed E-state index contributed by atoms with van der Waals surface area (Å²) in [6.45, 7) is 2.04. The minimum atomic E-state index is -4.54. The van der Waals surface area contributed by atoms with Crippen molar-refractivity contribution < 1.29 is 32.3 Å². The van der Waals surface area contributed by atoms with Crippen LogP contribution in [0.3, 0.4) is 0 Å². The van der Waals surface area contributed by atoms with E-state index in [9.17, 15) is 27.6 Å². The molecule has 3 N–H and O–H groups in total. The van der Waals surface area contributed by atoms with Gasteiger partial charge in [-0.25, -0.2) is 4.79 Å². The van der Waals surface area contributed by atoms with E-state index < -0.39 is 30.5 Å². The number of rotatable bonds is 9. The fraction of sp³-hybridized carbons (Fsp3) is 0.350. The van der Waals surface area contributed by atoms with Crippen LogP contribution >= 0.6 is 11.3 Å². The van der Waals surface area contributed by atoms with Crippen molar-refractivity contribution in [2.45, 2.75) is 26.4 Å². The van der Waals surface area contributed by atoms with Crippen molar-refractivity contribution in [2.24, 2.45) is 0 Å². The lowest BCUT2D eigenvalue weighted by Gasteiger charge is -2.13. The smallest absolute Gasteiger partial charge is 0.405 e. The molecule has 0 saturated carbocycles. The highest BCUT2D eigenvalue weighted by molar-refractivity contribution is 7.16. The summed E-state index contributed by atoms with van der Waals surface area (Å²) in [4.78, 5) is 37.4. The molecule has 2 amide bonds. The van der Waals surface area contributed by atoms with E-state index >= 15 is 0 Å². The van der Waals surface area contributed by atoms with Crippen molar-refractivity contribution in [1.82, 2.24) is 5.32 Å². The highest BCUT2D eigenvalue weighted by atomic mass is 32.1. The molecule has 0 spiro atoms. The highest BCUT2D eigenvalue weighted by Crippen LogP contribution is 2.29. The van der Waals surface area contributed by atoms with E-state index in [1.807, 2.05) is 6.92 Å². The van der Waals surface area contributed by atoms with E-state index in [4.69, 9.17) is 4.74 Å². The summed E-state index contributed by atoms with van der Waals surface area (Å²) in [5.74, 6) is -1.97. The lowest BCUT2D eigenvalue weighted by atomic mass is 10.1. The second-order valence-electron chi connectivity index (χ2n) is 6.27. The predicted molar refractivity (Wildman–Crippen MR) is 112 cm³/mol. The Bertz CT molecular complexity index is 944. The molecular formula is C20H22F3N3O4S. The summed E-state index contributed by atoms with van der Waals surface area (Å²) in [7, 11) is 0. The quantitative estimate of drug-likeness (QED) is 0.498. The predicted octanol–water partition coefficient (Wildman–Crippen LogP) is 3.83. The van der Waals surface area contributed by atoms with E-state index in [1.54, 1.807) is 24.4 Å². The maximum absolute atomic E-state index is 12.4.